The number of hydrogen-bond acceptors (Lipinski definition) is 4. The van der Waals surface area contributed by atoms with Crippen molar-refractivity contribution in [2.45, 2.75) is 31.1 Å². The first-order valence-corrected chi connectivity index (χ1v) is 6.31. The minimum atomic E-state index is -4.94. The molecule has 9 heteroatoms. The molecule has 1 amide bonds. The number of carbonyl (C=O) groups is 2. The first-order valence-electron chi connectivity index (χ1n) is 4.92. The van der Waals surface area contributed by atoms with Gasteiger partial charge in [-0.3, -0.25) is 4.79 Å². The highest BCUT2D eigenvalue weighted by Crippen LogP contribution is 2.28. The number of amides is 1. The Hall–Kier alpha value is -0.960. The maximum Gasteiger partial charge on any atom is 0.415 e. The molecule has 0 heterocycles. The highest BCUT2D eigenvalue weighted by molar-refractivity contribution is 7.98. The average Bonchev–Trinajstić information content (AvgIpc) is 2.21. The summed E-state index contributed by atoms with van der Waals surface area (Å²) in [6.07, 6.45) is -3.21. The van der Waals surface area contributed by atoms with Crippen molar-refractivity contribution in [3.05, 3.63) is 0 Å². The zero-order valence-electron chi connectivity index (χ0n) is 9.87. The van der Waals surface area contributed by atoms with Crippen molar-refractivity contribution < 1.29 is 27.9 Å². The summed E-state index contributed by atoms with van der Waals surface area (Å²) in [5.41, 5.74) is 1.77. The number of nitrogens with two attached hydrogens (primary N) is 1. The topological polar surface area (TPSA) is 92.4 Å². The molecule has 0 aromatic heterocycles. The lowest BCUT2D eigenvalue weighted by molar-refractivity contribution is -0.188. The van der Waals surface area contributed by atoms with Crippen LogP contribution < -0.4 is 11.1 Å². The number of carboxylic acid groups (broad SMARTS) is 1. The van der Waals surface area contributed by atoms with E-state index in [0.29, 0.717) is 12.7 Å². The van der Waals surface area contributed by atoms with Crippen LogP contribution in [0.1, 0.15) is 13.3 Å². The molecule has 2 atom stereocenters. The molecule has 0 spiro atoms. The Morgan fingerprint density at radius 1 is 1.44 bits per heavy atom. The lowest BCUT2D eigenvalue weighted by Crippen LogP contribution is -2.63. The molecule has 0 radical (unpaired) electrons. The third-order valence-corrected chi connectivity index (χ3v) is 2.92. The second-order valence-electron chi connectivity index (χ2n) is 3.85. The Balaban J connectivity index is 4.75. The van der Waals surface area contributed by atoms with Crippen LogP contribution in [0.2, 0.25) is 0 Å². The Morgan fingerprint density at radius 3 is 2.28 bits per heavy atom. The summed E-state index contributed by atoms with van der Waals surface area (Å²) >= 11 is 1.32. The molecule has 0 aromatic rings. The summed E-state index contributed by atoms with van der Waals surface area (Å²) in [5, 5.41) is 10.6. The van der Waals surface area contributed by atoms with Crippen molar-refractivity contribution in [3.63, 3.8) is 0 Å². The Kier molecular flexibility index (Phi) is 5.94. The summed E-state index contributed by atoms with van der Waals surface area (Å²) in [5.74, 6) is -2.55. The molecule has 0 aliphatic heterocycles. The second kappa shape index (κ2) is 6.28. The first-order chi connectivity index (χ1) is 8.04. The van der Waals surface area contributed by atoms with Gasteiger partial charge in [0.25, 0.3) is 0 Å². The largest absolute Gasteiger partial charge is 0.480 e. The Morgan fingerprint density at radius 2 is 1.94 bits per heavy atom. The fourth-order valence-corrected chi connectivity index (χ4v) is 1.40. The van der Waals surface area contributed by atoms with E-state index >= 15 is 0 Å². The standard InChI is InChI=1S/C9H15F3N2O3S/c1-8(13,9(10,11)12)7(17)14-5(6(15)16)3-4-18-2/h5H,3-4,13H2,1-2H3,(H,14,17)(H,15,16). The van der Waals surface area contributed by atoms with Gasteiger partial charge in [0.15, 0.2) is 5.54 Å². The lowest BCUT2D eigenvalue weighted by atomic mass is 10.0. The van der Waals surface area contributed by atoms with Gasteiger partial charge in [-0.25, -0.2) is 4.79 Å². The predicted octanol–water partition coefficient (Wildman–Crippen LogP) is 0.589. The molecule has 4 N–H and O–H groups in total. The van der Waals surface area contributed by atoms with Gasteiger partial charge in [0.2, 0.25) is 5.91 Å². The quantitative estimate of drug-likeness (QED) is 0.665. The zero-order valence-corrected chi connectivity index (χ0v) is 10.7. The maximum absolute atomic E-state index is 12.4. The van der Waals surface area contributed by atoms with Crippen LogP contribution in [0.3, 0.4) is 0 Å². The number of aliphatic carboxylic acids is 1. The Bertz CT molecular complexity index is 321. The van der Waals surface area contributed by atoms with E-state index in [4.69, 9.17) is 10.8 Å². The highest BCUT2D eigenvalue weighted by Gasteiger charge is 2.54. The van der Waals surface area contributed by atoms with E-state index in [2.05, 4.69) is 0 Å². The second-order valence-corrected chi connectivity index (χ2v) is 4.83. The van der Waals surface area contributed by atoms with Gasteiger partial charge >= 0.3 is 12.1 Å². The van der Waals surface area contributed by atoms with Crippen LogP contribution in [0.5, 0.6) is 0 Å². The van der Waals surface area contributed by atoms with Gasteiger partial charge < -0.3 is 16.2 Å². The lowest BCUT2D eigenvalue weighted by Gasteiger charge is -2.27. The molecular formula is C9H15F3N2O3S. The molecule has 5 nitrogen and oxygen atoms in total. The monoisotopic (exact) mass is 288 g/mol. The van der Waals surface area contributed by atoms with Crippen LogP contribution in [0.25, 0.3) is 0 Å². The highest BCUT2D eigenvalue weighted by atomic mass is 32.2. The third-order valence-electron chi connectivity index (χ3n) is 2.27. The zero-order chi connectivity index (χ0) is 14.6. The van der Waals surface area contributed by atoms with Gasteiger partial charge in [-0.1, -0.05) is 0 Å². The van der Waals surface area contributed by atoms with Gasteiger partial charge in [0.05, 0.1) is 0 Å². The minimum Gasteiger partial charge on any atom is -0.480 e. The molecule has 0 aromatic carbocycles. The van der Waals surface area contributed by atoms with Crippen molar-refractivity contribution in [2.24, 2.45) is 5.73 Å². The molecule has 18 heavy (non-hydrogen) atoms. The van der Waals surface area contributed by atoms with E-state index in [1.807, 2.05) is 0 Å². The summed E-state index contributed by atoms with van der Waals surface area (Å²) in [4.78, 5) is 22.1. The molecule has 0 saturated heterocycles. The SMILES string of the molecule is CSCCC(NC(=O)C(C)(N)C(F)(F)F)C(=O)O. The molecule has 0 rings (SSSR count). The molecule has 0 fully saturated rings. The van der Waals surface area contributed by atoms with Crippen LogP contribution in [0, 0.1) is 0 Å². The van der Waals surface area contributed by atoms with E-state index in [-0.39, 0.29) is 6.42 Å². The van der Waals surface area contributed by atoms with Crippen LogP contribution in [0.4, 0.5) is 13.2 Å². The molecular weight excluding hydrogens is 273 g/mol. The number of thioether (sulfide) groups is 1. The van der Waals surface area contributed by atoms with Crippen molar-refractivity contribution in [1.82, 2.24) is 5.32 Å². The summed E-state index contributed by atoms with van der Waals surface area (Å²) in [6.45, 7) is 0.496. The number of hydrogen-bond donors (Lipinski definition) is 3. The molecule has 2 unspecified atom stereocenters. The normalized spacial score (nSPS) is 16.8. The van der Waals surface area contributed by atoms with Gasteiger partial charge in [0, 0.05) is 0 Å². The van der Waals surface area contributed by atoms with Crippen molar-refractivity contribution in [3.8, 4) is 0 Å². The number of carbonyl (C=O) groups excluding carboxylic acids is 1. The van der Waals surface area contributed by atoms with Crippen LogP contribution in [-0.2, 0) is 9.59 Å². The minimum absolute atomic E-state index is 0.0240. The third kappa shape index (κ3) is 4.37. The summed E-state index contributed by atoms with van der Waals surface area (Å²) in [6, 6.07) is -1.38. The van der Waals surface area contributed by atoms with Crippen molar-refractivity contribution >= 4 is 23.6 Å². The smallest absolute Gasteiger partial charge is 0.415 e. The molecule has 0 aliphatic rings. The fourth-order valence-electron chi connectivity index (χ4n) is 0.930. The molecule has 0 aliphatic carbocycles. The number of alkyl halides is 3. The number of rotatable bonds is 6. The van der Waals surface area contributed by atoms with Crippen LogP contribution >= 0.6 is 11.8 Å². The van der Waals surface area contributed by atoms with Gasteiger partial charge in [-0.15, -0.1) is 0 Å². The van der Waals surface area contributed by atoms with Crippen molar-refractivity contribution in [2.75, 3.05) is 12.0 Å². The van der Waals surface area contributed by atoms with Gasteiger partial charge in [-0.05, 0) is 25.4 Å². The van der Waals surface area contributed by atoms with E-state index < -0.39 is 29.6 Å². The molecule has 106 valence electrons. The van der Waals surface area contributed by atoms with Gasteiger partial charge in [-0.2, -0.15) is 24.9 Å². The van der Waals surface area contributed by atoms with Crippen molar-refractivity contribution in [1.29, 1.82) is 0 Å². The van der Waals surface area contributed by atoms with E-state index in [1.165, 1.54) is 11.8 Å². The van der Waals surface area contributed by atoms with Crippen LogP contribution in [-0.4, -0.2) is 46.7 Å². The van der Waals surface area contributed by atoms with Gasteiger partial charge in [0.1, 0.15) is 6.04 Å². The maximum atomic E-state index is 12.4. The summed E-state index contributed by atoms with van der Waals surface area (Å²) < 4.78 is 37.3. The van der Waals surface area contributed by atoms with E-state index in [0.717, 1.165) is 0 Å². The molecule has 0 saturated carbocycles. The fraction of sp³-hybridized carbons (Fsp3) is 0.778. The first kappa shape index (κ1) is 17.0. The van der Waals surface area contributed by atoms with E-state index in [1.54, 1.807) is 11.6 Å². The number of halogens is 3. The number of carboxylic acids is 1. The summed E-state index contributed by atoms with van der Waals surface area (Å²) in [7, 11) is 0. The van der Waals surface area contributed by atoms with E-state index in [9.17, 15) is 22.8 Å². The number of nitrogens with one attached hydrogen (secondary N) is 1. The predicted molar refractivity (Wildman–Crippen MR) is 61.2 cm³/mol. The Labute approximate surface area is 106 Å². The molecule has 0 bridgehead atoms. The average molecular weight is 288 g/mol. The van der Waals surface area contributed by atoms with Crippen LogP contribution in [0.15, 0.2) is 0 Å².